The van der Waals surface area contributed by atoms with Gasteiger partial charge in [-0.15, -0.1) is 0 Å². The predicted octanol–water partition coefficient (Wildman–Crippen LogP) is 0.874. The monoisotopic (exact) mass is 197 g/mol. The second kappa shape index (κ2) is 3.88. The van der Waals surface area contributed by atoms with Gasteiger partial charge in [0, 0.05) is 6.04 Å². The second-order valence-corrected chi connectivity index (χ2v) is 3.49. The summed E-state index contributed by atoms with van der Waals surface area (Å²) in [7, 11) is 0. The number of hydrogen-bond donors (Lipinski definition) is 1. The minimum atomic E-state index is -0.621. The quantitative estimate of drug-likeness (QED) is 0.764. The number of rotatable bonds is 2. The molecule has 1 saturated carbocycles. The fourth-order valence-electron chi connectivity index (χ4n) is 1.63. The maximum atomic E-state index is 12.6. The maximum absolute atomic E-state index is 12.6. The first-order valence-corrected chi connectivity index (χ1v) is 4.64. The van der Waals surface area contributed by atoms with Crippen molar-refractivity contribution in [3.63, 3.8) is 0 Å². The van der Waals surface area contributed by atoms with Gasteiger partial charge < -0.3 is 10.5 Å². The largest absolute Gasteiger partial charge is 0.473 e. The van der Waals surface area contributed by atoms with Crippen LogP contribution in [0.1, 0.15) is 19.3 Å². The first kappa shape index (κ1) is 9.33. The lowest BCUT2D eigenvalue weighted by Gasteiger charge is -2.11. The predicted molar refractivity (Wildman–Crippen MR) is 48.2 cm³/mol. The Labute approximate surface area is 81.3 Å². The van der Waals surface area contributed by atoms with Crippen molar-refractivity contribution >= 4 is 0 Å². The Bertz CT molecular complexity index is 321. The van der Waals surface area contributed by atoms with Crippen LogP contribution in [0.25, 0.3) is 0 Å². The van der Waals surface area contributed by atoms with Gasteiger partial charge in [-0.05, 0) is 19.3 Å². The normalized spacial score (nSPS) is 26.4. The van der Waals surface area contributed by atoms with Gasteiger partial charge in [-0.25, -0.2) is 0 Å². The Morgan fingerprint density at radius 3 is 2.93 bits per heavy atom. The SMILES string of the molecule is NC1CCC(Oc2cncc(F)n2)C1. The Morgan fingerprint density at radius 1 is 1.43 bits per heavy atom. The molecule has 1 aliphatic rings. The molecule has 5 heteroatoms. The Hall–Kier alpha value is -1.23. The molecule has 1 heterocycles. The van der Waals surface area contributed by atoms with E-state index in [9.17, 15) is 4.39 Å². The zero-order valence-corrected chi connectivity index (χ0v) is 7.69. The molecule has 0 amide bonds. The molecule has 0 radical (unpaired) electrons. The number of aromatic nitrogens is 2. The van der Waals surface area contributed by atoms with E-state index in [0.29, 0.717) is 0 Å². The highest BCUT2D eigenvalue weighted by Crippen LogP contribution is 2.21. The third kappa shape index (κ3) is 2.17. The van der Waals surface area contributed by atoms with Crippen LogP contribution in [0.3, 0.4) is 0 Å². The van der Waals surface area contributed by atoms with Gasteiger partial charge in [0.25, 0.3) is 0 Å². The molecule has 2 rings (SSSR count). The van der Waals surface area contributed by atoms with Crippen LogP contribution in [0.15, 0.2) is 12.4 Å². The van der Waals surface area contributed by atoms with Crippen molar-refractivity contribution in [1.29, 1.82) is 0 Å². The molecule has 2 atom stereocenters. The van der Waals surface area contributed by atoms with Crippen molar-refractivity contribution in [1.82, 2.24) is 9.97 Å². The fraction of sp³-hybridized carbons (Fsp3) is 0.556. The van der Waals surface area contributed by atoms with Gasteiger partial charge in [-0.2, -0.15) is 9.37 Å². The van der Waals surface area contributed by atoms with Gasteiger partial charge in [-0.3, -0.25) is 4.98 Å². The molecule has 1 fully saturated rings. The molecule has 0 aromatic carbocycles. The Morgan fingerprint density at radius 2 is 2.29 bits per heavy atom. The molecule has 0 bridgehead atoms. The van der Waals surface area contributed by atoms with Crippen LogP contribution in [-0.4, -0.2) is 22.1 Å². The van der Waals surface area contributed by atoms with Gasteiger partial charge in [0.1, 0.15) is 6.10 Å². The van der Waals surface area contributed by atoms with Crippen molar-refractivity contribution in [2.24, 2.45) is 5.73 Å². The number of nitrogens with two attached hydrogens (primary N) is 1. The molecule has 0 saturated heterocycles. The molecule has 14 heavy (non-hydrogen) atoms. The number of halogens is 1. The lowest BCUT2D eigenvalue weighted by atomic mass is 10.3. The van der Waals surface area contributed by atoms with Crippen molar-refractivity contribution in [2.75, 3.05) is 0 Å². The summed E-state index contributed by atoms with van der Waals surface area (Å²) in [5, 5.41) is 0. The Kier molecular flexibility index (Phi) is 2.58. The lowest BCUT2D eigenvalue weighted by Crippen LogP contribution is -2.19. The summed E-state index contributed by atoms with van der Waals surface area (Å²) in [5.41, 5.74) is 5.72. The lowest BCUT2D eigenvalue weighted by molar-refractivity contribution is 0.196. The van der Waals surface area contributed by atoms with Gasteiger partial charge in [0.05, 0.1) is 12.4 Å². The topological polar surface area (TPSA) is 61.0 Å². The third-order valence-electron chi connectivity index (χ3n) is 2.30. The molecule has 4 nitrogen and oxygen atoms in total. The van der Waals surface area contributed by atoms with Gasteiger partial charge in [0.2, 0.25) is 11.8 Å². The highest BCUT2D eigenvalue weighted by atomic mass is 19.1. The zero-order valence-electron chi connectivity index (χ0n) is 7.69. The molecule has 2 unspecified atom stereocenters. The van der Waals surface area contributed by atoms with E-state index in [1.165, 1.54) is 6.20 Å². The molecule has 2 N–H and O–H groups in total. The average Bonchev–Trinajstić information content (AvgIpc) is 2.51. The maximum Gasteiger partial charge on any atom is 0.235 e. The van der Waals surface area contributed by atoms with Crippen LogP contribution in [0, 0.1) is 5.95 Å². The van der Waals surface area contributed by atoms with Crippen LogP contribution >= 0.6 is 0 Å². The summed E-state index contributed by atoms with van der Waals surface area (Å²) in [6.45, 7) is 0. The zero-order chi connectivity index (χ0) is 9.97. The first-order valence-electron chi connectivity index (χ1n) is 4.64. The van der Waals surface area contributed by atoms with Gasteiger partial charge >= 0.3 is 0 Å². The number of nitrogens with zero attached hydrogens (tertiary/aromatic N) is 2. The van der Waals surface area contributed by atoms with E-state index in [0.717, 1.165) is 25.5 Å². The van der Waals surface area contributed by atoms with E-state index in [-0.39, 0.29) is 18.0 Å². The Balaban J connectivity index is 1.97. The fourth-order valence-corrected chi connectivity index (χ4v) is 1.63. The summed E-state index contributed by atoms with van der Waals surface area (Å²) in [6.07, 6.45) is 5.17. The van der Waals surface area contributed by atoms with Crippen molar-refractivity contribution in [3.8, 4) is 5.88 Å². The molecule has 1 aromatic rings. The molecule has 1 aliphatic carbocycles. The van der Waals surface area contributed by atoms with Gasteiger partial charge in [0.15, 0.2) is 0 Å². The molecular formula is C9H12FN3O. The van der Waals surface area contributed by atoms with Crippen molar-refractivity contribution in [2.45, 2.75) is 31.4 Å². The minimum absolute atomic E-state index is 0.0566. The number of hydrogen-bond acceptors (Lipinski definition) is 4. The first-order chi connectivity index (χ1) is 6.74. The molecule has 0 spiro atoms. The minimum Gasteiger partial charge on any atom is -0.473 e. The van der Waals surface area contributed by atoms with Crippen LogP contribution in [-0.2, 0) is 0 Å². The van der Waals surface area contributed by atoms with E-state index in [2.05, 4.69) is 9.97 Å². The summed E-state index contributed by atoms with van der Waals surface area (Å²) < 4.78 is 18.1. The molecule has 0 aliphatic heterocycles. The summed E-state index contributed by atoms with van der Waals surface area (Å²) in [5.74, 6) is -0.381. The summed E-state index contributed by atoms with van der Waals surface area (Å²) in [6, 6.07) is 0.196. The van der Waals surface area contributed by atoms with Crippen LogP contribution < -0.4 is 10.5 Å². The van der Waals surface area contributed by atoms with E-state index in [4.69, 9.17) is 10.5 Å². The molecule has 76 valence electrons. The van der Waals surface area contributed by atoms with Crippen molar-refractivity contribution in [3.05, 3.63) is 18.3 Å². The van der Waals surface area contributed by atoms with E-state index < -0.39 is 5.95 Å². The van der Waals surface area contributed by atoms with E-state index >= 15 is 0 Å². The standard InChI is InChI=1S/C9H12FN3O/c10-8-4-12-5-9(13-8)14-7-2-1-6(11)3-7/h4-7H,1-3,11H2. The average molecular weight is 197 g/mol. The van der Waals surface area contributed by atoms with Crippen LogP contribution in [0.2, 0.25) is 0 Å². The molecular weight excluding hydrogens is 185 g/mol. The van der Waals surface area contributed by atoms with E-state index in [1.54, 1.807) is 0 Å². The van der Waals surface area contributed by atoms with Crippen molar-refractivity contribution < 1.29 is 9.13 Å². The highest BCUT2D eigenvalue weighted by molar-refractivity contribution is 5.03. The number of ether oxygens (including phenoxy) is 1. The highest BCUT2D eigenvalue weighted by Gasteiger charge is 2.23. The smallest absolute Gasteiger partial charge is 0.235 e. The van der Waals surface area contributed by atoms with Gasteiger partial charge in [-0.1, -0.05) is 0 Å². The third-order valence-corrected chi connectivity index (χ3v) is 2.30. The summed E-state index contributed by atoms with van der Waals surface area (Å²) in [4.78, 5) is 7.22. The second-order valence-electron chi connectivity index (χ2n) is 3.49. The van der Waals surface area contributed by atoms with E-state index in [1.807, 2.05) is 0 Å². The van der Waals surface area contributed by atoms with Crippen LogP contribution in [0.5, 0.6) is 5.88 Å². The van der Waals surface area contributed by atoms with Crippen LogP contribution in [0.4, 0.5) is 4.39 Å². The summed E-state index contributed by atoms with van der Waals surface area (Å²) >= 11 is 0. The molecule has 1 aromatic heterocycles.